The molecule has 0 aliphatic carbocycles. The van der Waals surface area contributed by atoms with Crippen molar-refractivity contribution in [2.75, 3.05) is 29.9 Å². The van der Waals surface area contributed by atoms with Crippen molar-refractivity contribution in [3.8, 4) is 0 Å². The van der Waals surface area contributed by atoms with Crippen LogP contribution in [-0.2, 0) is 11.3 Å². The van der Waals surface area contributed by atoms with E-state index in [1.54, 1.807) is 16.8 Å². The third kappa shape index (κ3) is 4.27. The smallest absolute Gasteiger partial charge is 0.253 e. The number of benzene rings is 1. The summed E-state index contributed by atoms with van der Waals surface area (Å²) in [6.07, 6.45) is 0. The van der Waals surface area contributed by atoms with Gasteiger partial charge in [0, 0.05) is 41.5 Å². The van der Waals surface area contributed by atoms with Crippen molar-refractivity contribution < 1.29 is 9.59 Å². The number of hydrogen-bond donors (Lipinski definition) is 1. The normalized spacial score (nSPS) is 14.3. The second-order valence-electron chi connectivity index (χ2n) is 6.57. The molecule has 2 heterocycles. The first-order chi connectivity index (χ1) is 12.4. The summed E-state index contributed by atoms with van der Waals surface area (Å²) in [5, 5.41) is 7.22. The summed E-state index contributed by atoms with van der Waals surface area (Å²) in [7, 11) is 0. The molecule has 2 aromatic rings. The molecule has 26 heavy (non-hydrogen) atoms. The molecule has 1 aliphatic heterocycles. The number of anilines is 1. The minimum Gasteiger partial charge on any atom is -0.337 e. The molecular formula is C19H24N4O2S. The molecule has 0 bridgehead atoms. The number of nitrogens with one attached hydrogen (secondary N) is 1. The minimum absolute atomic E-state index is 0.0638. The summed E-state index contributed by atoms with van der Waals surface area (Å²) >= 11 is 1.88. The van der Waals surface area contributed by atoms with Gasteiger partial charge in [0.1, 0.15) is 6.54 Å². The van der Waals surface area contributed by atoms with Crippen LogP contribution in [0.1, 0.15) is 27.3 Å². The number of thioether (sulfide) groups is 1. The number of aryl methyl sites for hydroxylation is 3. The van der Waals surface area contributed by atoms with Gasteiger partial charge in [0.05, 0.1) is 5.69 Å². The average Bonchev–Trinajstić information content (AvgIpc) is 2.94. The monoisotopic (exact) mass is 372 g/mol. The number of amides is 2. The van der Waals surface area contributed by atoms with Gasteiger partial charge in [-0.3, -0.25) is 14.3 Å². The van der Waals surface area contributed by atoms with E-state index >= 15 is 0 Å². The zero-order valence-corrected chi connectivity index (χ0v) is 16.2. The SMILES string of the molecule is Cc1cc(C)n(CC(=O)Nc2ccc(C(=O)N3CCSCC3)cc2C)n1. The lowest BCUT2D eigenvalue weighted by atomic mass is 10.1. The molecule has 0 radical (unpaired) electrons. The van der Waals surface area contributed by atoms with E-state index in [1.807, 2.05) is 49.6 Å². The highest BCUT2D eigenvalue weighted by Crippen LogP contribution is 2.19. The number of rotatable bonds is 4. The van der Waals surface area contributed by atoms with Crippen LogP contribution in [0.3, 0.4) is 0 Å². The molecule has 0 saturated carbocycles. The van der Waals surface area contributed by atoms with E-state index < -0.39 is 0 Å². The van der Waals surface area contributed by atoms with Crippen molar-refractivity contribution in [1.29, 1.82) is 0 Å². The molecule has 0 unspecified atom stereocenters. The molecule has 3 rings (SSSR count). The van der Waals surface area contributed by atoms with Crippen molar-refractivity contribution in [1.82, 2.24) is 14.7 Å². The van der Waals surface area contributed by atoms with Gasteiger partial charge in [-0.15, -0.1) is 0 Å². The third-order valence-corrected chi connectivity index (χ3v) is 5.38. The maximum absolute atomic E-state index is 12.6. The quantitative estimate of drug-likeness (QED) is 0.896. The molecule has 2 amide bonds. The van der Waals surface area contributed by atoms with Crippen LogP contribution in [0.4, 0.5) is 5.69 Å². The predicted molar refractivity (Wildman–Crippen MR) is 105 cm³/mol. The van der Waals surface area contributed by atoms with Crippen LogP contribution in [0, 0.1) is 20.8 Å². The number of carbonyl (C=O) groups excluding carboxylic acids is 2. The standard InChI is InChI=1S/C19H24N4O2S/c1-13-10-16(19(25)22-6-8-26-9-7-22)4-5-17(13)20-18(24)12-23-15(3)11-14(2)21-23/h4-5,10-11H,6-9,12H2,1-3H3,(H,20,24). The minimum atomic E-state index is -0.133. The summed E-state index contributed by atoms with van der Waals surface area (Å²) in [6, 6.07) is 7.39. The van der Waals surface area contributed by atoms with Gasteiger partial charge in [-0.05, 0) is 50.6 Å². The average molecular weight is 372 g/mol. The zero-order valence-electron chi connectivity index (χ0n) is 15.4. The van der Waals surface area contributed by atoms with Gasteiger partial charge >= 0.3 is 0 Å². The number of hydrogen-bond acceptors (Lipinski definition) is 4. The summed E-state index contributed by atoms with van der Waals surface area (Å²) in [4.78, 5) is 26.8. The maximum Gasteiger partial charge on any atom is 0.253 e. The number of aromatic nitrogens is 2. The summed E-state index contributed by atoms with van der Waals surface area (Å²) in [5.41, 5.74) is 4.12. The van der Waals surface area contributed by atoms with Gasteiger partial charge in [0.2, 0.25) is 5.91 Å². The molecular weight excluding hydrogens is 348 g/mol. The van der Waals surface area contributed by atoms with Crippen LogP contribution in [0.5, 0.6) is 0 Å². The number of nitrogens with zero attached hydrogens (tertiary/aromatic N) is 3. The highest BCUT2D eigenvalue weighted by molar-refractivity contribution is 7.99. The Bertz CT molecular complexity index is 825. The van der Waals surface area contributed by atoms with Crippen molar-refractivity contribution >= 4 is 29.3 Å². The van der Waals surface area contributed by atoms with E-state index in [-0.39, 0.29) is 18.4 Å². The van der Waals surface area contributed by atoms with Gasteiger partial charge in [-0.1, -0.05) is 0 Å². The van der Waals surface area contributed by atoms with Crippen LogP contribution in [0.25, 0.3) is 0 Å². The van der Waals surface area contributed by atoms with Crippen LogP contribution in [0.15, 0.2) is 24.3 Å². The van der Waals surface area contributed by atoms with Crippen molar-refractivity contribution in [3.63, 3.8) is 0 Å². The molecule has 1 aromatic heterocycles. The van der Waals surface area contributed by atoms with Gasteiger partial charge in [-0.2, -0.15) is 16.9 Å². The second-order valence-corrected chi connectivity index (χ2v) is 7.79. The van der Waals surface area contributed by atoms with E-state index in [4.69, 9.17) is 0 Å². The summed E-state index contributed by atoms with van der Waals surface area (Å²) < 4.78 is 1.69. The largest absolute Gasteiger partial charge is 0.337 e. The second kappa shape index (κ2) is 7.95. The number of carbonyl (C=O) groups is 2. The summed E-state index contributed by atoms with van der Waals surface area (Å²) in [5.74, 6) is 1.91. The van der Waals surface area contributed by atoms with E-state index in [9.17, 15) is 9.59 Å². The Morgan fingerprint density at radius 3 is 2.50 bits per heavy atom. The molecule has 1 N–H and O–H groups in total. The van der Waals surface area contributed by atoms with Gasteiger partial charge in [-0.25, -0.2) is 0 Å². The van der Waals surface area contributed by atoms with Crippen molar-refractivity contribution in [3.05, 3.63) is 46.8 Å². The molecule has 6 nitrogen and oxygen atoms in total. The fraction of sp³-hybridized carbons (Fsp3) is 0.421. The van der Waals surface area contributed by atoms with Crippen LogP contribution < -0.4 is 5.32 Å². The molecule has 138 valence electrons. The molecule has 0 atom stereocenters. The maximum atomic E-state index is 12.6. The van der Waals surface area contributed by atoms with E-state index in [1.165, 1.54) is 0 Å². The highest BCUT2D eigenvalue weighted by Gasteiger charge is 2.19. The van der Waals surface area contributed by atoms with E-state index in [0.717, 1.165) is 47.2 Å². The Morgan fingerprint density at radius 2 is 1.88 bits per heavy atom. The molecule has 1 aromatic carbocycles. The molecule has 1 saturated heterocycles. The Labute approximate surface area is 157 Å². The van der Waals surface area contributed by atoms with Crippen LogP contribution in [-0.4, -0.2) is 51.1 Å². The Balaban J connectivity index is 1.66. The van der Waals surface area contributed by atoms with Crippen LogP contribution in [0.2, 0.25) is 0 Å². The Morgan fingerprint density at radius 1 is 1.15 bits per heavy atom. The molecule has 1 aliphatic rings. The van der Waals surface area contributed by atoms with Gasteiger partial charge in [0.15, 0.2) is 0 Å². The lowest BCUT2D eigenvalue weighted by molar-refractivity contribution is -0.116. The molecule has 0 spiro atoms. The topological polar surface area (TPSA) is 67.2 Å². The Hall–Kier alpha value is -2.28. The van der Waals surface area contributed by atoms with Crippen molar-refractivity contribution in [2.45, 2.75) is 27.3 Å². The molecule has 7 heteroatoms. The van der Waals surface area contributed by atoms with E-state index in [2.05, 4.69) is 10.4 Å². The fourth-order valence-corrected chi connectivity index (χ4v) is 3.95. The first kappa shape index (κ1) is 18.5. The van der Waals surface area contributed by atoms with Gasteiger partial charge < -0.3 is 10.2 Å². The third-order valence-electron chi connectivity index (χ3n) is 4.44. The first-order valence-corrected chi connectivity index (χ1v) is 9.88. The van der Waals surface area contributed by atoms with Crippen molar-refractivity contribution in [2.24, 2.45) is 0 Å². The Kier molecular flexibility index (Phi) is 5.66. The lowest BCUT2D eigenvalue weighted by Crippen LogP contribution is -2.37. The predicted octanol–water partition coefficient (Wildman–Crippen LogP) is 2.64. The van der Waals surface area contributed by atoms with Gasteiger partial charge in [0.25, 0.3) is 5.91 Å². The van der Waals surface area contributed by atoms with E-state index in [0.29, 0.717) is 5.56 Å². The molecule has 1 fully saturated rings. The lowest BCUT2D eigenvalue weighted by Gasteiger charge is -2.26. The summed E-state index contributed by atoms with van der Waals surface area (Å²) in [6.45, 7) is 7.50. The first-order valence-electron chi connectivity index (χ1n) is 8.72. The zero-order chi connectivity index (χ0) is 18.7. The highest BCUT2D eigenvalue weighted by atomic mass is 32.2. The fourth-order valence-electron chi connectivity index (χ4n) is 3.05. The van der Waals surface area contributed by atoms with Crippen LogP contribution >= 0.6 is 11.8 Å².